The molecule has 1 aromatic heterocycles. The largest absolute Gasteiger partial charge is 0.354 e. The van der Waals surface area contributed by atoms with Crippen molar-refractivity contribution < 1.29 is 9.18 Å². The van der Waals surface area contributed by atoms with Crippen LogP contribution in [0.4, 0.5) is 15.9 Å². The topological polar surface area (TPSA) is 39.7 Å². The molecule has 0 spiro atoms. The maximum atomic E-state index is 13.5. The summed E-state index contributed by atoms with van der Waals surface area (Å²) in [6, 6.07) is 10.8. The van der Waals surface area contributed by atoms with Crippen molar-refractivity contribution in [1.29, 1.82) is 0 Å². The Hall–Kier alpha value is -2.47. The zero-order chi connectivity index (χ0) is 18.8. The molecule has 2 aromatic rings. The number of carbonyl (C=O) groups is 1. The highest BCUT2D eigenvalue weighted by Gasteiger charge is 2.30. The summed E-state index contributed by atoms with van der Waals surface area (Å²) >= 11 is 0. The van der Waals surface area contributed by atoms with Crippen LogP contribution >= 0.6 is 0 Å². The lowest BCUT2D eigenvalue weighted by molar-refractivity contribution is -0.120. The first-order chi connectivity index (χ1) is 13.1. The molecule has 2 aliphatic rings. The summed E-state index contributed by atoms with van der Waals surface area (Å²) in [4.78, 5) is 23.8. The van der Waals surface area contributed by atoms with Crippen molar-refractivity contribution in [2.45, 2.75) is 25.8 Å². The van der Waals surface area contributed by atoms with E-state index in [1.807, 2.05) is 29.3 Å². The van der Waals surface area contributed by atoms with Crippen LogP contribution in [0, 0.1) is 5.82 Å². The number of benzene rings is 1. The first-order valence-electron chi connectivity index (χ1n) is 9.60. The molecule has 0 aliphatic carbocycles. The van der Waals surface area contributed by atoms with Crippen molar-refractivity contribution in [1.82, 2.24) is 9.88 Å². The molecule has 5 nitrogen and oxygen atoms in total. The summed E-state index contributed by atoms with van der Waals surface area (Å²) in [5.74, 6) is 0.853. The fourth-order valence-corrected chi connectivity index (χ4v) is 4.04. The van der Waals surface area contributed by atoms with Gasteiger partial charge in [0.1, 0.15) is 11.6 Å². The lowest BCUT2D eigenvalue weighted by atomic mass is 9.96. The Morgan fingerprint density at radius 2 is 2.00 bits per heavy atom. The normalized spacial score (nSPS) is 20.4. The van der Waals surface area contributed by atoms with E-state index in [1.54, 1.807) is 12.1 Å². The van der Waals surface area contributed by atoms with Crippen LogP contribution in [0.25, 0.3) is 0 Å². The van der Waals surface area contributed by atoms with Gasteiger partial charge in [0.2, 0.25) is 5.91 Å². The number of halogens is 1. The number of piperazine rings is 1. The zero-order valence-corrected chi connectivity index (χ0v) is 15.6. The smallest absolute Gasteiger partial charge is 0.241 e. The Bertz CT molecular complexity index is 805. The molecule has 27 heavy (non-hydrogen) atoms. The molecule has 1 saturated heterocycles. The van der Waals surface area contributed by atoms with Gasteiger partial charge in [0.25, 0.3) is 0 Å². The molecule has 3 heterocycles. The van der Waals surface area contributed by atoms with Gasteiger partial charge < -0.3 is 9.80 Å². The van der Waals surface area contributed by atoms with Crippen LogP contribution in [0.15, 0.2) is 42.6 Å². The number of anilines is 2. The predicted octanol–water partition coefficient (Wildman–Crippen LogP) is 2.71. The fraction of sp³-hybridized carbons (Fsp3) is 0.429. The molecule has 0 bridgehead atoms. The number of rotatable bonds is 3. The first kappa shape index (κ1) is 17.9. The average Bonchev–Trinajstić information content (AvgIpc) is 2.69. The molecule has 1 unspecified atom stereocenters. The summed E-state index contributed by atoms with van der Waals surface area (Å²) < 4.78 is 13.5. The van der Waals surface area contributed by atoms with Gasteiger partial charge in [-0.1, -0.05) is 6.07 Å². The van der Waals surface area contributed by atoms with Gasteiger partial charge in [-0.3, -0.25) is 9.69 Å². The van der Waals surface area contributed by atoms with Crippen LogP contribution in [0.2, 0.25) is 0 Å². The maximum Gasteiger partial charge on any atom is 0.241 e. The highest BCUT2D eigenvalue weighted by Crippen LogP contribution is 2.31. The number of aromatic nitrogens is 1. The van der Waals surface area contributed by atoms with Gasteiger partial charge in [0.15, 0.2) is 0 Å². The molecular weight excluding hydrogens is 343 g/mol. The van der Waals surface area contributed by atoms with E-state index in [0.29, 0.717) is 6.54 Å². The van der Waals surface area contributed by atoms with E-state index >= 15 is 0 Å². The minimum absolute atomic E-state index is 0.0985. The van der Waals surface area contributed by atoms with Crippen LogP contribution in [0.1, 0.15) is 18.9 Å². The van der Waals surface area contributed by atoms with Crippen molar-refractivity contribution in [3.8, 4) is 0 Å². The first-order valence-corrected chi connectivity index (χ1v) is 9.60. The van der Waals surface area contributed by atoms with Gasteiger partial charge >= 0.3 is 0 Å². The number of carbonyl (C=O) groups excluding carboxylic acids is 1. The minimum atomic E-state index is -0.235. The number of pyridine rings is 1. The molecule has 0 N–H and O–H groups in total. The van der Waals surface area contributed by atoms with Crippen molar-refractivity contribution in [2.24, 2.45) is 0 Å². The second-order valence-electron chi connectivity index (χ2n) is 7.38. The lowest BCUT2D eigenvalue weighted by Gasteiger charge is -2.39. The van der Waals surface area contributed by atoms with E-state index in [9.17, 15) is 9.18 Å². The van der Waals surface area contributed by atoms with Gasteiger partial charge in [-0.25, -0.2) is 9.37 Å². The molecule has 4 rings (SSSR count). The molecule has 1 fully saturated rings. The molecule has 1 amide bonds. The number of amides is 1. The number of hydrogen-bond donors (Lipinski definition) is 0. The van der Waals surface area contributed by atoms with Crippen molar-refractivity contribution in [3.05, 3.63) is 54.0 Å². The van der Waals surface area contributed by atoms with Crippen molar-refractivity contribution in [2.75, 3.05) is 42.5 Å². The van der Waals surface area contributed by atoms with Gasteiger partial charge in [0, 0.05) is 44.1 Å². The summed E-state index contributed by atoms with van der Waals surface area (Å²) in [6.07, 6.45) is 3.50. The zero-order valence-electron chi connectivity index (χ0n) is 15.6. The number of nitrogens with zero attached hydrogens (tertiary/aromatic N) is 4. The van der Waals surface area contributed by atoms with Crippen LogP contribution in [-0.4, -0.2) is 54.6 Å². The van der Waals surface area contributed by atoms with E-state index in [2.05, 4.69) is 21.7 Å². The predicted molar refractivity (Wildman–Crippen MR) is 105 cm³/mol. The van der Waals surface area contributed by atoms with E-state index < -0.39 is 0 Å². The highest BCUT2D eigenvalue weighted by molar-refractivity contribution is 5.96. The Balaban J connectivity index is 1.40. The Morgan fingerprint density at radius 1 is 1.19 bits per heavy atom. The maximum absolute atomic E-state index is 13.5. The van der Waals surface area contributed by atoms with Gasteiger partial charge in [0.05, 0.1) is 6.54 Å². The second kappa shape index (κ2) is 7.64. The molecule has 142 valence electrons. The minimum Gasteiger partial charge on any atom is -0.354 e. The van der Waals surface area contributed by atoms with Gasteiger partial charge in [-0.15, -0.1) is 0 Å². The Labute approximate surface area is 159 Å². The SMILES string of the molecule is CC1CCc2cc(F)ccc2N1C(=O)CN1CCN(c2ccccn2)CC1. The van der Waals surface area contributed by atoms with E-state index in [4.69, 9.17) is 0 Å². The standard InChI is InChI=1S/C21H25FN4O/c1-16-5-6-17-14-18(22)7-8-19(17)26(16)21(27)15-24-10-12-25(13-11-24)20-4-2-3-9-23-20/h2-4,7-9,14,16H,5-6,10-13,15H2,1H3. The van der Waals surface area contributed by atoms with Gasteiger partial charge in [-0.05, 0) is 55.7 Å². The molecule has 6 heteroatoms. The van der Waals surface area contributed by atoms with E-state index in [-0.39, 0.29) is 17.8 Å². The Kier molecular flexibility index (Phi) is 5.07. The summed E-state index contributed by atoms with van der Waals surface area (Å²) in [5.41, 5.74) is 1.80. The molecule has 0 saturated carbocycles. The monoisotopic (exact) mass is 368 g/mol. The molecular formula is C21H25FN4O. The van der Waals surface area contributed by atoms with E-state index in [0.717, 1.165) is 56.1 Å². The van der Waals surface area contributed by atoms with Gasteiger partial charge in [-0.2, -0.15) is 0 Å². The van der Waals surface area contributed by atoms with Crippen LogP contribution in [0.5, 0.6) is 0 Å². The third kappa shape index (κ3) is 3.81. The van der Waals surface area contributed by atoms with Crippen molar-refractivity contribution >= 4 is 17.4 Å². The number of aryl methyl sites for hydroxylation is 1. The number of fused-ring (bicyclic) bond motifs is 1. The fourth-order valence-electron chi connectivity index (χ4n) is 4.04. The summed E-state index contributed by atoms with van der Waals surface area (Å²) in [6.45, 7) is 5.87. The molecule has 2 aliphatic heterocycles. The summed E-state index contributed by atoms with van der Waals surface area (Å²) in [7, 11) is 0. The van der Waals surface area contributed by atoms with Crippen LogP contribution in [-0.2, 0) is 11.2 Å². The second-order valence-corrected chi connectivity index (χ2v) is 7.38. The van der Waals surface area contributed by atoms with E-state index in [1.165, 1.54) is 6.07 Å². The third-order valence-electron chi connectivity index (χ3n) is 5.55. The van der Waals surface area contributed by atoms with Crippen LogP contribution in [0.3, 0.4) is 0 Å². The van der Waals surface area contributed by atoms with Crippen molar-refractivity contribution in [3.63, 3.8) is 0 Å². The number of hydrogen-bond acceptors (Lipinski definition) is 4. The third-order valence-corrected chi connectivity index (χ3v) is 5.55. The molecule has 1 atom stereocenters. The highest BCUT2D eigenvalue weighted by atomic mass is 19.1. The average molecular weight is 368 g/mol. The Morgan fingerprint density at radius 3 is 2.74 bits per heavy atom. The molecule has 1 aromatic carbocycles. The molecule has 0 radical (unpaired) electrons. The van der Waals surface area contributed by atoms with Crippen LogP contribution < -0.4 is 9.80 Å². The summed E-state index contributed by atoms with van der Waals surface area (Å²) in [5, 5.41) is 0. The quantitative estimate of drug-likeness (QED) is 0.835. The lowest BCUT2D eigenvalue weighted by Crippen LogP contribution is -2.52.